The van der Waals surface area contributed by atoms with Gasteiger partial charge in [0.2, 0.25) is 0 Å². The van der Waals surface area contributed by atoms with Crippen molar-refractivity contribution in [3.05, 3.63) is 41.8 Å². The van der Waals surface area contributed by atoms with Crippen molar-refractivity contribution in [1.29, 1.82) is 0 Å². The van der Waals surface area contributed by atoms with Crippen LogP contribution in [0.2, 0.25) is 0 Å². The van der Waals surface area contributed by atoms with E-state index < -0.39 is 0 Å². The molecule has 1 unspecified atom stereocenters. The van der Waals surface area contributed by atoms with E-state index in [0.29, 0.717) is 36.6 Å². The standard InChI is InChI=1S/C20H25FN4O3/c21-15-6-8-17(9-7-15)27-13-18-23-19(24-28-18)14-10-11-25(12-14)20(26)22-16-4-2-1-3-5-16/h6-9,14,16H,1-5,10-13H2,(H,22,26). The molecule has 1 N–H and O–H groups in total. The zero-order chi connectivity index (χ0) is 19.3. The van der Waals surface area contributed by atoms with Gasteiger partial charge >= 0.3 is 6.03 Å². The van der Waals surface area contributed by atoms with Crippen LogP contribution >= 0.6 is 0 Å². The van der Waals surface area contributed by atoms with Gasteiger partial charge in [-0.2, -0.15) is 4.98 Å². The predicted molar refractivity (Wildman–Crippen MR) is 99.4 cm³/mol. The number of hydrogen-bond acceptors (Lipinski definition) is 5. The number of rotatable bonds is 5. The average molecular weight is 388 g/mol. The van der Waals surface area contributed by atoms with Crippen molar-refractivity contribution in [1.82, 2.24) is 20.4 Å². The van der Waals surface area contributed by atoms with E-state index in [-0.39, 0.29) is 24.4 Å². The smallest absolute Gasteiger partial charge is 0.317 e. The SMILES string of the molecule is O=C(NC1CCCCC1)N1CCC(c2noc(COc3ccc(F)cc3)n2)C1. The quantitative estimate of drug-likeness (QED) is 0.846. The van der Waals surface area contributed by atoms with Crippen LogP contribution in [0.3, 0.4) is 0 Å². The lowest BCUT2D eigenvalue weighted by Crippen LogP contribution is -2.44. The Labute approximate surface area is 163 Å². The van der Waals surface area contributed by atoms with E-state index >= 15 is 0 Å². The normalized spacial score (nSPS) is 20.3. The summed E-state index contributed by atoms with van der Waals surface area (Å²) in [5.41, 5.74) is 0. The molecule has 2 aromatic rings. The summed E-state index contributed by atoms with van der Waals surface area (Å²) in [5, 5.41) is 7.21. The predicted octanol–water partition coefficient (Wildman–Crippen LogP) is 3.62. The maximum Gasteiger partial charge on any atom is 0.317 e. The van der Waals surface area contributed by atoms with Crippen LogP contribution in [0, 0.1) is 5.82 Å². The summed E-state index contributed by atoms with van der Waals surface area (Å²) in [6, 6.07) is 6.08. The van der Waals surface area contributed by atoms with Crippen molar-refractivity contribution in [2.24, 2.45) is 0 Å². The molecule has 1 saturated carbocycles. The minimum atomic E-state index is -0.314. The second kappa shape index (κ2) is 8.58. The minimum absolute atomic E-state index is 0.0118. The summed E-state index contributed by atoms with van der Waals surface area (Å²) in [6.45, 7) is 1.41. The summed E-state index contributed by atoms with van der Waals surface area (Å²) >= 11 is 0. The van der Waals surface area contributed by atoms with Gasteiger partial charge in [-0.25, -0.2) is 9.18 Å². The number of urea groups is 1. The van der Waals surface area contributed by atoms with E-state index in [0.717, 1.165) is 19.3 Å². The third-order valence-corrected chi connectivity index (χ3v) is 5.43. The fourth-order valence-corrected chi connectivity index (χ4v) is 3.84. The average Bonchev–Trinajstić information content (AvgIpc) is 3.38. The van der Waals surface area contributed by atoms with Crippen molar-refractivity contribution in [3.63, 3.8) is 0 Å². The van der Waals surface area contributed by atoms with Crippen molar-refractivity contribution < 1.29 is 18.4 Å². The van der Waals surface area contributed by atoms with E-state index in [1.165, 1.54) is 31.4 Å². The van der Waals surface area contributed by atoms with Crippen LogP contribution in [-0.2, 0) is 6.61 Å². The molecule has 1 atom stereocenters. The number of benzene rings is 1. The summed E-state index contributed by atoms with van der Waals surface area (Å²) in [5.74, 6) is 1.26. The molecule has 4 rings (SSSR count). The van der Waals surface area contributed by atoms with Crippen LogP contribution in [0.15, 0.2) is 28.8 Å². The third kappa shape index (κ3) is 4.61. The summed E-state index contributed by atoms with van der Waals surface area (Å²) < 4.78 is 23.7. The van der Waals surface area contributed by atoms with Gasteiger partial charge in [0.25, 0.3) is 5.89 Å². The highest BCUT2D eigenvalue weighted by Crippen LogP contribution is 2.26. The zero-order valence-corrected chi connectivity index (χ0v) is 15.8. The first-order valence-corrected chi connectivity index (χ1v) is 9.93. The maximum atomic E-state index is 12.9. The van der Waals surface area contributed by atoms with E-state index in [1.54, 1.807) is 12.1 Å². The van der Waals surface area contributed by atoms with E-state index in [4.69, 9.17) is 9.26 Å². The Balaban J connectivity index is 1.27. The minimum Gasteiger partial charge on any atom is -0.484 e. The number of likely N-dealkylation sites (tertiary alicyclic amines) is 1. The highest BCUT2D eigenvalue weighted by atomic mass is 19.1. The van der Waals surface area contributed by atoms with E-state index in [1.807, 2.05) is 4.90 Å². The Kier molecular flexibility index (Phi) is 5.73. The highest BCUT2D eigenvalue weighted by Gasteiger charge is 2.31. The first-order chi connectivity index (χ1) is 13.7. The Hall–Kier alpha value is -2.64. The second-order valence-electron chi connectivity index (χ2n) is 7.50. The Morgan fingerprint density at radius 1 is 1.21 bits per heavy atom. The lowest BCUT2D eigenvalue weighted by atomic mass is 9.96. The fraction of sp³-hybridized carbons (Fsp3) is 0.550. The molecule has 0 radical (unpaired) electrons. The van der Waals surface area contributed by atoms with Gasteiger partial charge in [-0.1, -0.05) is 24.4 Å². The number of carbonyl (C=O) groups excluding carboxylic acids is 1. The van der Waals surface area contributed by atoms with Crippen molar-refractivity contribution in [2.75, 3.05) is 13.1 Å². The molecule has 2 fully saturated rings. The first kappa shape index (κ1) is 18.7. The molecule has 28 heavy (non-hydrogen) atoms. The van der Waals surface area contributed by atoms with E-state index in [9.17, 15) is 9.18 Å². The van der Waals surface area contributed by atoms with Crippen molar-refractivity contribution in [2.45, 2.75) is 57.1 Å². The molecule has 0 spiro atoms. The highest BCUT2D eigenvalue weighted by molar-refractivity contribution is 5.75. The number of ether oxygens (including phenoxy) is 1. The number of aromatic nitrogens is 2. The summed E-state index contributed by atoms with van der Waals surface area (Å²) in [6.07, 6.45) is 6.62. The van der Waals surface area contributed by atoms with Crippen molar-refractivity contribution in [3.8, 4) is 5.75 Å². The van der Waals surface area contributed by atoms with Gasteiger partial charge in [0, 0.05) is 25.0 Å². The number of carbonyl (C=O) groups is 1. The number of halogens is 1. The maximum absolute atomic E-state index is 12.9. The molecule has 1 aliphatic heterocycles. The molecule has 7 nitrogen and oxygen atoms in total. The van der Waals surface area contributed by atoms with Crippen LogP contribution in [-0.4, -0.2) is 40.2 Å². The number of nitrogens with one attached hydrogen (secondary N) is 1. The Morgan fingerprint density at radius 3 is 2.79 bits per heavy atom. The van der Waals surface area contributed by atoms with Crippen LogP contribution in [0.4, 0.5) is 9.18 Å². The molecule has 1 aromatic heterocycles. The summed E-state index contributed by atoms with van der Waals surface area (Å²) in [7, 11) is 0. The summed E-state index contributed by atoms with van der Waals surface area (Å²) in [4.78, 5) is 18.7. The number of hydrogen-bond donors (Lipinski definition) is 1. The lowest BCUT2D eigenvalue weighted by molar-refractivity contribution is 0.200. The van der Waals surface area contributed by atoms with Gasteiger partial charge in [-0.05, 0) is 43.5 Å². The van der Waals surface area contributed by atoms with Crippen LogP contribution < -0.4 is 10.1 Å². The van der Waals surface area contributed by atoms with Gasteiger partial charge in [0.15, 0.2) is 12.4 Å². The topological polar surface area (TPSA) is 80.5 Å². The molecule has 1 aliphatic carbocycles. The van der Waals surface area contributed by atoms with Gasteiger partial charge < -0.3 is 19.5 Å². The zero-order valence-electron chi connectivity index (χ0n) is 15.8. The molecule has 2 amide bonds. The molecule has 2 aliphatic rings. The third-order valence-electron chi connectivity index (χ3n) is 5.43. The molecule has 8 heteroatoms. The van der Waals surface area contributed by atoms with Gasteiger partial charge in [-0.15, -0.1) is 0 Å². The second-order valence-corrected chi connectivity index (χ2v) is 7.50. The Bertz CT molecular complexity index is 789. The molecule has 1 aromatic carbocycles. The Morgan fingerprint density at radius 2 is 2.00 bits per heavy atom. The number of nitrogens with zero attached hydrogens (tertiary/aromatic N) is 3. The monoisotopic (exact) mass is 388 g/mol. The fourth-order valence-electron chi connectivity index (χ4n) is 3.84. The molecule has 2 heterocycles. The lowest BCUT2D eigenvalue weighted by Gasteiger charge is -2.26. The largest absolute Gasteiger partial charge is 0.484 e. The van der Waals surface area contributed by atoms with Crippen LogP contribution in [0.1, 0.15) is 56.2 Å². The van der Waals surface area contributed by atoms with Gasteiger partial charge in [-0.3, -0.25) is 0 Å². The molecular weight excluding hydrogens is 363 g/mol. The van der Waals surface area contributed by atoms with E-state index in [2.05, 4.69) is 15.5 Å². The molecular formula is C20H25FN4O3. The van der Waals surface area contributed by atoms with Crippen LogP contribution in [0.25, 0.3) is 0 Å². The van der Waals surface area contributed by atoms with Gasteiger partial charge in [0.05, 0.1) is 0 Å². The molecule has 1 saturated heterocycles. The molecule has 150 valence electrons. The molecule has 0 bridgehead atoms. The van der Waals surface area contributed by atoms with Gasteiger partial charge in [0.1, 0.15) is 11.6 Å². The van der Waals surface area contributed by atoms with Crippen molar-refractivity contribution >= 4 is 6.03 Å². The number of amides is 2. The first-order valence-electron chi connectivity index (χ1n) is 9.93. The van der Waals surface area contributed by atoms with Crippen LogP contribution in [0.5, 0.6) is 5.75 Å².